The third kappa shape index (κ3) is 3.01. The van der Waals surface area contributed by atoms with Crippen LogP contribution in [0.25, 0.3) is 0 Å². The van der Waals surface area contributed by atoms with Gasteiger partial charge in [0.15, 0.2) is 0 Å². The molecule has 1 aromatic rings. The molecule has 1 atom stereocenters. The molecule has 2 rings (SSSR count). The number of nitrogens with one attached hydrogen (secondary N) is 1. The van der Waals surface area contributed by atoms with E-state index in [1.54, 1.807) is 0 Å². The van der Waals surface area contributed by atoms with Gasteiger partial charge in [0.2, 0.25) is 0 Å². The van der Waals surface area contributed by atoms with Gasteiger partial charge >= 0.3 is 0 Å². The van der Waals surface area contributed by atoms with Gasteiger partial charge in [-0.1, -0.05) is 6.07 Å². The Morgan fingerprint density at radius 2 is 2.47 bits per heavy atom. The molecular formula is C12H18N2O. The van der Waals surface area contributed by atoms with Crippen molar-refractivity contribution < 1.29 is 4.74 Å². The molecule has 15 heavy (non-hydrogen) atoms. The van der Waals surface area contributed by atoms with Crippen molar-refractivity contribution in [2.75, 3.05) is 19.8 Å². The molecule has 0 saturated carbocycles. The lowest BCUT2D eigenvalue weighted by molar-refractivity contribution is 0.0317. The molecule has 0 bridgehead atoms. The Bertz CT molecular complexity index is 294. The summed E-state index contributed by atoms with van der Waals surface area (Å²) in [6.45, 7) is 4.81. The minimum atomic E-state index is 0.121. The number of pyridine rings is 1. The Balaban J connectivity index is 1.87. The second-order valence-electron chi connectivity index (χ2n) is 4.36. The molecule has 1 aromatic heterocycles. The van der Waals surface area contributed by atoms with Crippen molar-refractivity contribution in [2.45, 2.75) is 25.3 Å². The maximum absolute atomic E-state index is 5.49. The predicted octanol–water partition coefficient (Wildman–Crippen LogP) is 1.39. The fraction of sp³-hybridized carbons (Fsp3) is 0.583. The van der Waals surface area contributed by atoms with Crippen LogP contribution in [0.2, 0.25) is 0 Å². The van der Waals surface area contributed by atoms with Crippen molar-refractivity contribution in [1.29, 1.82) is 0 Å². The monoisotopic (exact) mass is 206 g/mol. The number of aromatic nitrogens is 1. The highest BCUT2D eigenvalue weighted by Crippen LogP contribution is 2.15. The van der Waals surface area contributed by atoms with Crippen LogP contribution in [0.3, 0.4) is 0 Å². The topological polar surface area (TPSA) is 34.1 Å². The van der Waals surface area contributed by atoms with Crippen molar-refractivity contribution in [1.82, 2.24) is 10.3 Å². The zero-order valence-corrected chi connectivity index (χ0v) is 9.20. The van der Waals surface area contributed by atoms with Crippen LogP contribution in [-0.4, -0.2) is 30.3 Å². The Kier molecular flexibility index (Phi) is 3.34. The highest BCUT2D eigenvalue weighted by Gasteiger charge is 2.26. The number of rotatable bonds is 3. The predicted molar refractivity (Wildman–Crippen MR) is 59.8 cm³/mol. The molecular weight excluding hydrogens is 188 g/mol. The van der Waals surface area contributed by atoms with E-state index in [0.717, 1.165) is 38.3 Å². The summed E-state index contributed by atoms with van der Waals surface area (Å²) in [7, 11) is 0. The molecule has 3 nitrogen and oxygen atoms in total. The standard InChI is InChI=1S/C12H18N2O/c1-12(10-15-9-8-14-12)6-5-11-4-2-3-7-13-11/h2-4,7,14H,5-6,8-10H2,1H3. The molecule has 0 amide bonds. The summed E-state index contributed by atoms with van der Waals surface area (Å²) in [5.41, 5.74) is 1.28. The zero-order chi connectivity index (χ0) is 10.6. The van der Waals surface area contributed by atoms with Crippen LogP contribution < -0.4 is 5.32 Å². The molecule has 0 spiro atoms. The van der Waals surface area contributed by atoms with Crippen LogP contribution in [0, 0.1) is 0 Å². The molecule has 1 saturated heterocycles. The Hall–Kier alpha value is -0.930. The SMILES string of the molecule is CC1(CCc2ccccn2)COCCN1. The van der Waals surface area contributed by atoms with E-state index in [4.69, 9.17) is 4.74 Å². The highest BCUT2D eigenvalue weighted by molar-refractivity contribution is 5.04. The number of ether oxygens (including phenoxy) is 1. The summed E-state index contributed by atoms with van der Waals surface area (Å²) in [6, 6.07) is 6.07. The van der Waals surface area contributed by atoms with E-state index in [1.807, 2.05) is 18.3 Å². The van der Waals surface area contributed by atoms with Crippen LogP contribution in [0.5, 0.6) is 0 Å². The quantitative estimate of drug-likeness (QED) is 0.811. The summed E-state index contributed by atoms with van der Waals surface area (Å²) in [5.74, 6) is 0. The van der Waals surface area contributed by atoms with Gasteiger partial charge in [-0.3, -0.25) is 4.98 Å². The van der Waals surface area contributed by atoms with Gasteiger partial charge in [-0.05, 0) is 31.9 Å². The molecule has 1 N–H and O–H groups in total. The van der Waals surface area contributed by atoms with Gasteiger partial charge in [0.1, 0.15) is 0 Å². The molecule has 3 heteroatoms. The van der Waals surface area contributed by atoms with E-state index >= 15 is 0 Å². The summed E-state index contributed by atoms with van der Waals surface area (Å²) in [5, 5.41) is 3.51. The Labute approximate surface area is 90.9 Å². The van der Waals surface area contributed by atoms with Crippen molar-refractivity contribution in [3.8, 4) is 0 Å². The van der Waals surface area contributed by atoms with E-state index in [2.05, 4.69) is 23.3 Å². The Morgan fingerprint density at radius 1 is 1.53 bits per heavy atom. The third-order valence-corrected chi connectivity index (χ3v) is 2.88. The van der Waals surface area contributed by atoms with Crippen LogP contribution >= 0.6 is 0 Å². The number of nitrogens with zero attached hydrogens (tertiary/aromatic N) is 1. The lowest BCUT2D eigenvalue weighted by atomic mass is 9.94. The van der Waals surface area contributed by atoms with Crippen molar-refractivity contribution >= 4 is 0 Å². The fourth-order valence-electron chi connectivity index (χ4n) is 1.88. The smallest absolute Gasteiger partial charge is 0.0646 e. The first-order valence-corrected chi connectivity index (χ1v) is 5.51. The largest absolute Gasteiger partial charge is 0.378 e. The fourth-order valence-corrected chi connectivity index (χ4v) is 1.88. The van der Waals surface area contributed by atoms with Crippen molar-refractivity contribution in [2.24, 2.45) is 0 Å². The summed E-state index contributed by atoms with van der Waals surface area (Å²) >= 11 is 0. The van der Waals surface area contributed by atoms with Crippen molar-refractivity contribution in [3.63, 3.8) is 0 Å². The van der Waals surface area contributed by atoms with Crippen LogP contribution in [0.4, 0.5) is 0 Å². The van der Waals surface area contributed by atoms with Gasteiger partial charge in [-0.15, -0.1) is 0 Å². The number of aryl methyl sites for hydroxylation is 1. The molecule has 2 heterocycles. The average molecular weight is 206 g/mol. The van der Waals surface area contributed by atoms with E-state index in [0.29, 0.717) is 0 Å². The first-order valence-electron chi connectivity index (χ1n) is 5.51. The minimum absolute atomic E-state index is 0.121. The van der Waals surface area contributed by atoms with Gasteiger partial charge in [-0.2, -0.15) is 0 Å². The van der Waals surface area contributed by atoms with Crippen LogP contribution in [-0.2, 0) is 11.2 Å². The van der Waals surface area contributed by atoms with E-state index in [9.17, 15) is 0 Å². The Morgan fingerprint density at radius 3 is 3.13 bits per heavy atom. The van der Waals surface area contributed by atoms with E-state index in [-0.39, 0.29) is 5.54 Å². The second kappa shape index (κ2) is 4.73. The van der Waals surface area contributed by atoms with Gasteiger partial charge < -0.3 is 10.1 Å². The molecule has 1 unspecified atom stereocenters. The molecule has 1 fully saturated rings. The van der Waals surface area contributed by atoms with E-state index in [1.165, 1.54) is 0 Å². The maximum atomic E-state index is 5.49. The lowest BCUT2D eigenvalue weighted by Gasteiger charge is -2.34. The van der Waals surface area contributed by atoms with Gasteiger partial charge in [0.05, 0.1) is 13.2 Å². The van der Waals surface area contributed by atoms with Crippen molar-refractivity contribution in [3.05, 3.63) is 30.1 Å². The second-order valence-corrected chi connectivity index (χ2v) is 4.36. The number of morpholine rings is 1. The molecule has 1 aliphatic heterocycles. The summed E-state index contributed by atoms with van der Waals surface area (Å²) in [4.78, 5) is 4.33. The molecule has 0 aromatic carbocycles. The van der Waals surface area contributed by atoms with Gasteiger partial charge in [-0.25, -0.2) is 0 Å². The van der Waals surface area contributed by atoms with Crippen LogP contribution in [0.15, 0.2) is 24.4 Å². The molecule has 0 radical (unpaired) electrons. The molecule has 82 valence electrons. The third-order valence-electron chi connectivity index (χ3n) is 2.88. The first kappa shape index (κ1) is 10.6. The first-order chi connectivity index (χ1) is 7.29. The summed E-state index contributed by atoms with van der Waals surface area (Å²) < 4.78 is 5.49. The number of hydrogen-bond donors (Lipinski definition) is 1. The summed E-state index contributed by atoms with van der Waals surface area (Å²) in [6.07, 6.45) is 3.93. The van der Waals surface area contributed by atoms with Gasteiger partial charge in [0.25, 0.3) is 0 Å². The zero-order valence-electron chi connectivity index (χ0n) is 9.20. The van der Waals surface area contributed by atoms with Crippen LogP contribution in [0.1, 0.15) is 19.0 Å². The lowest BCUT2D eigenvalue weighted by Crippen LogP contribution is -2.52. The minimum Gasteiger partial charge on any atom is -0.378 e. The number of hydrogen-bond acceptors (Lipinski definition) is 3. The average Bonchev–Trinajstić information content (AvgIpc) is 2.29. The highest BCUT2D eigenvalue weighted by atomic mass is 16.5. The van der Waals surface area contributed by atoms with E-state index < -0.39 is 0 Å². The normalized spacial score (nSPS) is 26.5. The molecule has 1 aliphatic rings. The van der Waals surface area contributed by atoms with Gasteiger partial charge in [0, 0.05) is 24.0 Å². The maximum Gasteiger partial charge on any atom is 0.0646 e. The molecule has 0 aliphatic carbocycles.